The lowest BCUT2D eigenvalue weighted by atomic mass is 10.1. The molecule has 0 saturated heterocycles. The Morgan fingerprint density at radius 3 is 2.58 bits per heavy atom. The first-order valence-electron chi connectivity index (χ1n) is 9.46. The van der Waals surface area contributed by atoms with Gasteiger partial charge in [0.05, 0.1) is 19.9 Å². The Hall–Kier alpha value is -3.10. The highest BCUT2D eigenvalue weighted by Crippen LogP contribution is 2.31. The van der Waals surface area contributed by atoms with Crippen molar-refractivity contribution in [2.24, 2.45) is 0 Å². The number of hydrogen-bond donors (Lipinski definition) is 1. The minimum Gasteiger partial charge on any atom is -0.497 e. The summed E-state index contributed by atoms with van der Waals surface area (Å²) in [5.74, 6) is 2.80. The van der Waals surface area contributed by atoms with Crippen molar-refractivity contribution in [3.8, 4) is 34.3 Å². The van der Waals surface area contributed by atoms with Gasteiger partial charge in [0.1, 0.15) is 23.9 Å². The normalized spacial score (nSPS) is 10.7. The first kappa shape index (κ1) is 21.1. The van der Waals surface area contributed by atoms with Crippen molar-refractivity contribution in [3.63, 3.8) is 0 Å². The van der Waals surface area contributed by atoms with Crippen molar-refractivity contribution in [2.75, 3.05) is 14.2 Å². The molecule has 0 amide bonds. The molecule has 0 aliphatic heterocycles. The molecule has 6 nitrogen and oxygen atoms in total. The van der Waals surface area contributed by atoms with E-state index in [4.69, 9.17) is 26.4 Å². The monoisotopic (exact) mass is 497 g/mol. The van der Waals surface area contributed by atoms with Gasteiger partial charge in [0.2, 0.25) is 0 Å². The molecule has 0 radical (unpaired) electrons. The lowest BCUT2D eigenvalue weighted by Crippen LogP contribution is -2.02. The van der Waals surface area contributed by atoms with E-state index in [9.17, 15) is 0 Å². The topological polar surface area (TPSA) is 61.3 Å². The molecule has 0 aliphatic rings. The molecule has 158 valence electrons. The number of nitrogens with zero attached hydrogens (tertiary/aromatic N) is 2. The van der Waals surface area contributed by atoms with E-state index in [-0.39, 0.29) is 0 Å². The van der Waals surface area contributed by atoms with Crippen LogP contribution in [0.1, 0.15) is 5.56 Å². The van der Waals surface area contributed by atoms with Crippen LogP contribution in [0.15, 0.2) is 71.2 Å². The van der Waals surface area contributed by atoms with Crippen LogP contribution in [0.2, 0.25) is 0 Å². The lowest BCUT2D eigenvalue weighted by Gasteiger charge is -2.13. The van der Waals surface area contributed by atoms with Crippen LogP contribution in [0.3, 0.4) is 0 Å². The molecular weight excluding hydrogens is 478 g/mol. The maximum Gasteiger partial charge on any atom is 0.200 e. The van der Waals surface area contributed by atoms with Crippen LogP contribution >= 0.6 is 28.1 Å². The summed E-state index contributed by atoms with van der Waals surface area (Å²) in [5, 5.41) is 7.35. The number of halogens is 1. The van der Waals surface area contributed by atoms with E-state index < -0.39 is 0 Å². The van der Waals surface area contributed by atoms with Crippen molar-refractivity contribution in [2.45, 2.75) is 6.61 Å². The van der Waals surface area contributed by atoms with Gasteiger partial charge in [-0.15, -0.1) is 0 Å². The summed E-state index contributed by atoms with van der Waals surface area (Å²) in [6.45, 7) is 0.432. The first-order valence-corrected chi connectivity index (χ1v) is 10.7. The van der Waals surface area contributed by atoms with Gasteiger partial charge in [-0.1, -0.05) is 40.2 Å². The van der Waals surface area contributed by atoms with Gasteiger partial charge >= 0.3 is 0 Å². The van der Waals surface area contributed by atoms with Crippen LogP contribution < -0.4 is 14.2 Å². The lowest BCUT2D eigenvalue weighted by molar-refractivity contribution is 0.306. The molecule has 1 heterocycles. The summed E-state index contributed by atoms with van der Waals surface area (Å²) < 4.78 is 20.1. The molecule has 0 fully saturated rings. The summed E-state index contributed by atoms with van der Waals surface area (Å²) in [6.07, 6.45) is 0. The van der Waals surface area contributed by atoms with Gasteiger partial charge in [-0.25, -0.2) is 0 Å². The summed E-state index contributed by atoms with van der Waals surface area (Å²) in [7, 11) is 3.23. The number of methoxy groups -OCH3 is 2. The van der Waals surface area contributed by atoms with E-state index in [2.05, 4.69) is 26.1 Å². The Kier molecular flexibility index (Phi) is 6.39. The van der Waals surface area contributed by atoms with Gasteiger partial charge in [-0.2, -0.15) is 5.10 Å². The molecule has 0 atom stereocenters. The molecule has 1 N–H and O–H groups in total. The number of aromatic amines is 1. The molecule has 0 aliphatic carbocycles. The standard InChI is InChI=1S/C23H20BrN3O3S/c1-28-18-9-10-20(21(13-18)29-2)27-22(25-26-23(27)31)16-6-3-5-15(11-16)14-30-19-8-4-7-17(24)12-19/h3-13H,14H2,1-2H3,(H,26,31). The zero-order valence-electron chi connectivity index (χ0n) is 17.0. The fraction of sp³-hybridized carbons (Fsp3) is 0.130. The Morgan fingerprint density at radius 2 is 1.81 bits per heavy atom. The molecule has 1 aromatic heterocycles. The summed E-state index contributed by atoms with van der Waals surface area (Å²) >= 11 is 8.97. The van der Waals surface area contributed by atoms with Crippen molar-refractivity contribution in [1.82, 2.24) is 14.8 Å². The first-order chi connectivity index (χ1) is 15.1. The number of nitrogens with one attached hydrogen (secondary N) is 1. The van der Waals surface area contributed by atoms with E-state index in [0.29, 0.717) is 28.7 Å². The largest absolute Gasteiger partial charge is 0.497 e. The minimum atomic E-state index is 0.432. The Bertz CT molecular complexity index is 1270. The molecule has 0 saturated carbocycles. The molecule has 4 rings (SSSR count). The van der Waals surface area contributed by atoms with Gasteiger partial charge in [0, 0.05) is 16.1 Å². The maximum absolute atomic E-state index is 5.93. The summed E-state index contributed by atoms with van der Waals surface area (Å²) in [5.41, 5.74) is 2.69. The smallest absolute Gasteiger partial charge is 0.200 e. The highest BCUT2D eigenvalue weighted by Gasteiger charge is 2.16. The molecule has 31 heavy (non-hydrogen) atoms. The fourth-order valence-corrected chi connectivity index (χ4v) is 3.82. The third-order valence-electron chi connectivity index (χ3n) is 4.69. The average Bonchev–Trinajstić information content (AvgIpc) is 3.18. The molecule has 0 unspecified atom stereocenters. The third kappa shape index (κ3) is 4.65. The van der Waals surface area contributed by atoms with Crippen LogP contribution in [0.25, 0.3) is 17.1 Å². The van der Waals surface area contributed by atoms with Crippen LogP contribution in [-0.4, -0.2) is 29.0 Å². The van der Waals surface area contributed by atoms with Crippen LogP contribution in [0.4, 0.5) is 0 Å². The second-order valence-corrected chi connectivity index (χ2v) is 7.97. The third-order valence-corrected chi connectivity index (χ3v) is 5.45. The average molecular weight is 498 g/mol. The number of hydrogen-bond acceptors (Lipinski definition) is 5. The summed E-state index contributed by atoms with van der Waals surface area (Å²) in [4.78, 5) is 0. The molecule has 0 bridgehead atoms. The second kappa shape index (κ2) is 9.36. The zero-order valence-corrected chi connectivity index (χ0v) is 19.4. The highest BCUT2D eigenvalue weighted by atomic mass is 79.9. The van der Waals surface area contributed by atoms with Crippen molar-refractivity contribution in [1.29, 1.82) is 0 Å². The van der Waals surface area contributed by atoms with Crippen molar-refractivity contribution >= 4 is 28.1 Å². The molecule has 3 aromatic carbocycles. The van der Waals surface area contributed by atoms with Gasteiger partial charge in [0.25, 0.3) is 0 Å². The Labute approximate surface area is 193 Å². The second-order valence-electron chi connectivity index (χ2n) is 6.67. The predicted octanol–water partition coefficient (Wildman–Crippen LogP) is 5.96. The van der Waals surface area contributed by atoms with E-state index in [1.807, 2.05) is 71.3 Å². The SMILES string of the molecule is COc1ccc(-n2c(-c3cccc(COc4cccc(Br)c4)c3)n[nH]c2=S)c(OC)c1. The zero-order chi connectivity index (χ0) is 21.8. The molecule has 8 heteroatoms. The summed E-state index contributed by atoms with van der Waals surface area (Å²) in [6, 6.07) is 21.3. The van der Waals surface area contributed by atoms with E-state index in [1.54, 1.807) is 14.2 Å². The van der Waals surface area contributed by atoms with Crippen molar-refractivity contribution in [3.05, 3.63) is 81.5 Å². The maximum atomic E-state index is 5.93. The van der Waals surface area contributed by atoms with Gasteiger partial charge in [-0.05, 0) is 54.2 Å². The predicted molar refractivity (Wildman–Crippen MR) is 126 cm³/mol. The Morgan fingerprint density at radius 1 is 0.968 bits per heavy atom. The van der Waals surface area contributed by atoms with E-state index in [0.717, 1.165) is 27.0 Å². The van der Waals surface area contributed by atoms with E-state index in [1.165, 1.54) is 0 Å². The Balaban J connectivity index is 1.68. The molecule has 4 aromatic rings. The van der Waals surface area contributed by atoms with Gasteiger partial charge < -0.3 is 14.2 Å². The van der Waals surface area contributed by atoms with Crippen LogP contribution in [-0.2, 0) is 6.61 Å². The molecular formula is C23H20BrN3O3S. The fourth-order valence-electron chi connectivity index (χ4n) is 3.21. The highest BCUT2D eigenvalue weighted by molar-refractivity contribution is 9.10. The minimum absolute atomic E-state index is 0.432. The number of rotatable bonds is 7. The van der Waals surface area contributed by atoms with Crippen LogP contribution in [0.5, 0.6) is 17.2 Å². The van der Waals surface area contributed by atoms with E-state index >= 15 is 0 Å². The number of aromatic nitrogens is 3. The number of ether oxygens (including phenoxy) is 3. The van der Waals surface area contributed by atoms with Crippen LogP contribution in [0, 0.1) is 4.77 Å². The quantitative estimate of drug-likeness (QED) is 0.319. The van der Waals surface area contributed by atoms with Gasteiger partial charge in [0.15, 0.2) is 10.6 Å². The number of H-pyrrole nitrogens is 1. The number of benzene rings is 3. The van der Waals surface area contributed by atoms with Crippen molar-refractivity contribution < 1.29 is 14.2 Å². The molecule has 0 spiro atoms. The van der Waals surface area contributed by atoms with Gasteiger partial charge in [-0.3, -0.25) is 9.67 Å².